The highest BCUT2D eigenvalue weighted by Gasteiger charge is 1.99. The summed E-state index contributed by atoms with van der Waals surface area (Å²) in [7, 11) is 0. The second kappa shape index (κ2) is 5.51. The zero-order valence-electron chi connectivity index (χ0n) is 10.4. The Hall–Kier alpha value is -2.07. The quantitative estimate of drug-likeness (QED) is 0.768. The highest BCUT2D eigenvalue weighted by Crippen LogP contribution is 2.14. The highest BCUT2D eigenvalue weighted by molar-refractivity contribution is 5.51. The number of nitrogen functional groups attached to an aromatic ring is 1. The average Bonchev–Trinajstić information content (AvgIpc) is 2.41. The number of rotatable bonds is 4. The van der Waals surface area contributed by atoms with Crippen LogP contribution in [0.2, 0.25) is 0 Å². The van der Waals surface area contributed by atoms with Crippen LogP contribution < -0.4 is 11.1 Å². The Labute approximate surface area is 106 Å². The Kier molecular flexibility index (Phi) is 3.79. The van der Waals surface area contributed by atoms with Gasteiger partial charge in [-0.1, -0.05) is 24.3 Å². The number of anilines is 2. The van der Waals surface area contributed by atoms with Crippen molar-refractivity contribution >= 4 is 11.5 Å². The molecule has 0 aliphatic heterocycles. The van der Waals surface area contributed by atoms with Crippen LogP contribution in [0.4, 0.5) is 11.5 Å². The summed E-state index contributed by atoms with van der Waals surface area (Å²) in [6.07, 6.45) is 1.66. The van der Waals surface area contributed by atoms with E-state index >= 15 is 0 Å². The Morgan fingerprint density at radius 1 is 1.22 bits per heavy atom. The number of aliphatic hydroxyl groups is 1. The van der Waals surface area contributed by atoms with E-state index in [2.05, 4.69) is 10.3 Å². The number of hydrogen-bond donors (Lipinski definition) is 3. The number of nitrogens with two attached hydrogens (primary N) is 1. The summed E-state index contributed by atoms with van der Waals surface area (Å²) >= 11 is 0. The lowest BCUT2D eigenvalue weighted by Gasteiger charge is -2.08. The number of benzene rings is 1. The summed E-state index contributed by atoms with van der Waals surface area (Å²) < 4.78 is 0. The van der Waals surface area contributed by atoms with Crippen LogP contribution in [0.3, 0.4) is 0 Å². The maximum Gasteiger partial charge on any atom is 0.126 e. The van der Waals surface area contributed by atoms with Gasteiger partial charge in [-0.25, -0.2) is 4.98 Å². The minimum absolute atomic E-state index is 0.0758. The van der Waals surface area contributed by atoms with Crippen LogP contribution in [0.25, 0.3) is 0 Å². The summed E-state index contributed by atoms with van der Waals surface area (Å²) in [6, 6.07) is 9.74. The number of aryl methyl sites for hydroxylation is 1. The lowest BCUT2D eigenvalue weighted by Crippen LogP contribution is -2.02. The first kappa shape index (κ1) is 12.4. The van der Waals surface area contributed by atoms with Crippen LogP contribution in [0.5, 0.6) is 0 Å². The number of aliphatic hydroxyl groups excluding tert-OH is 1. The number of nitrogens with zero attached hydrogens (tertiary/aromatic N) is 1. The molecule has 0 bridgehead atoms. The summed E-state index contributed by atoms with van der Waals surface area (Å²) in [5.74, 6) is 0.813. The van der Waals surface area contributed by atoms with E-state index in [0.717, 1.165) is 22.5 Å². The summed E-state index contributed by atoms with van der Waals surface area (Å²) in [6.45, 7) is 2.73. The molecule has 2 aromatic rings. The second-order valence-electron chi connectivity index (χ2n) is 4.25. The molecule has 18 heavy (non-hydrogen) atoms. The van der Waals surface area contributed by atoms with Gasteiger partial charge in [0, 0.05) is 6.54 Å². The first-order valence-corrected chi connectivity index (χ1v) is 5.83. The predicted molar refractivity (Wildman–Crippen MR) is 73.1 cm³/mol. The van der Waals surface area contributed by atoms with Gasteiger partial charge in [-0.3, -0.25) is 0 Å². The summed E-state index contributed by atoms with van der Waals surface area (Å²) in [4.78, 5) is 4.21. The van der Waals surface area contributed by atoms with E-state index in [1.165, 1.54) is 0 Å². The monoisotopic (exact) mass is 243 g/mol. The number of aromatic nitrogens is 1. The Balaban J connectivity index is 1.99. The molecule has 4 nitrogen and oxygen atoms in total. The molecular weight excluding hydrogens is 226 g/mol. The third-order valence-electron chi connectivity index (χ3n) is 2.83. The highest BCUT2D eigenvalue weighted by atomic mass is 16.3. The van der Waals surface area contributed by atoms with E-state index in [-0.39, 0.29) is 6.61 Å². The normalized spacial score (nSPS) is 10.3. The molecule has 4 heteroatoms. The van der Waals surface area contributed by atoms with Crippen LogP contribution in [0, 0.1) is 6.92 Å². The summed E-state index contributed by atoms with van der Waals surface area (Å²) in [5, 5.41) is 12.2. The summed E-state index contributed by atoms with van der Waals surface area (Å²) in [5.41, 5.74) is 9.49. The third-order valence-corrected chi connectivity index (χ3v) is 2.83. The molecule has 0 saturated carbocycles. The van der Waals surface area contributed by atoms with Crippen molar-refractivity contribution in [2.45, 2.75) is 20.1 Å². The number of nitrogens with one attached hydrogen (secondary N) is 1. The van der Waals surface area contributed by atoms with Gasteiger partial charge in [-0.15, -0.1) is 0 Å². The van der Waals surface area contributed by atoms with Crippen LogP contribution in [0.15, 0.2) is 36.5 Å². The maximum atomic E-state index is 8.96. The molecule has 2 rings (SSSR count). The fraction of sp³-hybridized carbons (Fsp3) is 0.214. The minimum atomic E-state index is 0.0758. The van der Waals surface area contributed by atoms with E-state index in [0.29, 0.717) is 12.2 Å². The van der Waals surface area contributed by atoms with E-state index in [1.54, 1.807) is 6.20 Å². The standard InChI is InChI=1S/C14H17N3O/c1-10-6-14(17-8-13(10)15)16-7-11-2-4-12(9-18)5-3-11/h2-6,8,18H,7,9,15H2,1H3,(H,16,17). The Morgan fingerprint density at radius 3 is 2.50 bits per heavy atom. The molecule has 94 valence electrons. The topological polar surface area (TPSA) is 71.2 Å². The van der Waals surface area contributed by atoms with Crippen molar-refractivity contribution in [2.24, 2.45) is 0 Å². The molecule has 0 atom stereocenters. The Bertz CT molecular complexity index is 523. The first-order chi connectivity index (χ1) is 8.69. The molecule has 4 N–H and O–H groups in total. The fourth-order valence-electron chi connectivity index (χ4n) is 1.62. The zero-order chi connectivity index (χ0) is 13.0. The zero-order valence-corrected chi connectivity index (χ0v) is 10.4. The Morgan fingerprint density at radius 2 is 1.89 bits per heavy atom. The predicted octanol–water partition coefficient (Wildman–Crippen LogP) is 2.08. The fourth-order valence-corrected chi connectivity index (χ4v) is 1.62. The van der Waals surface area contributed by atoms with E-state index in [4.69, 9.17) is 10.8 Å². The number of hydrogen-bond acceptors (Lipinski definition) is 4. The smallest absolute Gasteiger partial charge is 0.126 e. The van der Waals surface area contributed by atoms with Crippen LogP contribution >= 0.6 is 0 Å². The molecule has 0 unspecified atom stereocenters. The van der Waals surface area contributed by atoms with Gasteiger partial charge in [0.05, 0.1) is 18.5 Å². The molecule has 1 aromatic heterocycles. The van der Waals surface area contributed by atoms with Gasteiger partial charge >= 0.3 is 0 Å². The average molecular weight is 243 g/mol. The van der Waals surface area contributed by atoms with Crippen LogP contribution in [0.1, 0.15) is 16.7 Å². The van der Waals surface area contributed by atoms with Crippen molar-refractivity contribution in [1.82, 2.24) is 4.98 Å². The van der Waals surface area contributed by atoms with Crippen molar-refractivity contribution in [3.05, 3.63) is 53.2 Å². The third kappa shape index (κ3) is 2.99. The molecular formula is C14H17N3O. The molecule has 0 fully saturated rings. The molecule has 0 aliphatic rings. The lowest BCUT2D eigenvalue weighted by molar-refractivity contribution is 0.282. The lowest BCUT2D eigenvalue weighted by atomic mass is 10.1. The van der Waals surface area contributed by atoms with Gasteiger partial charge in [0.2, 0.25) is 0 Å². The molecule has 0 spiro atoms. The van der Waals surface area contributed by atoms with Gasteiger partial charge in [0.15, 0.2) is 0 Å². The van der Waals surface area contributed by atoms with Gasteiger partial charge in [0.1, 0.15) is 5.82 Å². The molecule has 0 amide bonds. The van der Waals surface area contributed by atoms with E-state index < -0.39 is 0 Å². The van der Waals surface area contributed by atoms with Crippen molar-refractivity contribution in [1.29, 1.82) is 0 Å². The SMILES string of the molecule is Cc1cc(NCc2ccc(CO)cc2)ncc1N. The van der Waals surface area contributed by atoms with E-state index in [9.17, 15) is 0 Å². The molecule has 1 heterocycles. The largest absolute Gasteiger partial charge is 0.397 e. The van der Waals surface area contributed by atoms with Gasteiger partial charge in [-0.05, 0) is 29.7 Å². The molecule has 0 aliphatic carbocycles. The van der Waals surface area contributed by atoms with Gasteiger partial charge in [-0.2, -0.15) is 0 Å². The molecule has 0 saturated heterocycles. The van der Waals surface area contributed by atoms with Gasteiger partial charge in [0.25, 0.3) is 0 Å². The maximum absolute atomic E-state index is 8.96. The number of pyridine rings is 1. The minimum Gasteiger partial charge on any atom is -0.397 e. The second-order valence-corrected chi connectivity index (χ2v) is 4.25. The van der Waals surface area contributed by atoms with E-state index in [1.807, 2.05) is 37.3 Å². The van der Waals surface area contributed by atoms with Gasteiger partial charge < -0.3 is 16.2 Å². The molecule has 1 aromatic carbocycles. The van der Waals surface area contributed by atoms with Crippen molar-refractivity contribution < 1.29 is 5.11 Å². The van der Waals surface area contributed by atoms with Crippen LogP contribution in [-0.2, 0) is 13.2 Å². The van der Waals surface area contributed by atoms with Crippen molar-refractivity contribution in [2.75, 3.05) is 11.1 Å². The van der Waals surface area contributed by atoms with Crippen LogP contribution in [-0.4, -0.2) is 10.1 Å². The molecule has 0 radical (unpaired) electrons. The van der Waals surface area contributed by atoms with Crippen molar-refractivity contribution in [3.8, 4) is 0 Å². The first-order valence-electron chi connectivity index (χ1n) is 5.83. The van der Waals surface area contributed by atoms with Crippen molar-refractivity contribution in [3.63, 3.8) is 0 Å².